The van der Waals surface area contributed by atoms with Gasteiger partial charge in [-0.05, 0) is 25.7 Å². The number of rotatable bonds is 5. The molecule has 7 heteroatoms. The minimum absolute atomic E-state index is 0.644. The monoisotopic (exact) mass is 296 g/mol. The van der Waals surface area contributed by atoms with E-state index in [4.69, 9.17) is 13.4 Å². The Morgan fingerprint density at radius 3 is 1.67 bits per heavy atom. The predicted octanol–water partition coefficient (Wildman–Crippen LogP) is 4.87. The molecule has 5 nitrogen and oxygen atoms in total. The topological polar surface area (TPSA) is 61.8 Å². The summed E-state index contributed by atoms with van der Waals surface area (Å²) in [5.41, 5.74) is -1.40. The third-order valence-electron chi connectivity index (χ3n) is 3.83. The molecule has 0 radical (unpaired) electrons. The summed E-state index contributed by atoms with van der Waals surface area (Å²) in [6, 6.07) is 0. The van der Waals surface area contributed by atoms with Crippen molar-refractivity contribution in [2.45, 2.75) is 71.0 Å². The Labute approximate surface area is 110 Å². The Morgan fingerprint density at radius 1 is 0.833 bits per heavy atom. The van der Waals surface area contributed by atoms with Crippen LogP contribution in [-0.2, 0) is 22.5 Å². The second kappa shape index (κ2) is 6.49. The van der Waals surface area contributed by atoms with E-state index in [2.05, 4.69) is 0 Å². The van der Waals surface area contributed by atoms with Crippen LogP contribution in [0.1, 0.15) is 59.8 Å². The largest absolute Gasteiger partial charge is 0.748 e. The van der Waals surface area contributed by atoms with Crippen molar-refractivity contribution < 1.29 is 22.5 Å². The molecule has 1 fully saturated rings. The van der Waals surface area contributed by atoms with Crippen molar-refractivity contribution in [1.82, 2.24) is 0 Å². The second-order valence-electron chi connectivity index (χ2n) is 4.51. The van der Waals surface area contributed by atoms with Crippen LogP contribution in [0.25, 0.3) is 0 Å². The van der Waals surface area contributed by atoms with E-state index in [1.165, 1.54) is 0 Å². The summed E-state index contributed by atoms with van der Waals surface area (Å²) < 4.78 is 39.4. The van der Waals surface area contributed by atoms with Crippen LogP contribution in [0.15, 0.2) is 0 Å². The van der Waals surface area contributed by atoms with E-state index in [9.17, 15) is 9.13 Å². The molecule has 1 heterocycles. The zero-order chi connectivity index (χ0) is 13.8. The Bertz CT molecular complexity index is 329. The van der Waals surface area contributed by atoms with Crippen LogP contribution in [-0.4, -0.2) is 11.2 Å². The van der Waals surface area contributed by atoms with Crippen molar-refractivity contribution >= 4 is 16.5 Å². The first-order chi connectivity index (χ1) is 8.49. The summed E-state index contributed by atoms with van der Waals surface area (Å²) in [6.07, 6.45) is 3.52. The molecule has 0 spiro atoms. The molecule has 3 unspecified atom stereocenters. The summed E-state index contributed by atoms with van der Waals surface area (Å²) in [4.78, 5) is 0. The fraction of sp³-hybridized carbons (Fsp3) is 1.00. The maximum atomic E-state index is 11.7. The third-order valence-corrected chi connectivity index (χ3v) is 5.89. The Morgan fingerprint density at radius 2 is 1.28 bits per heavy atom. The lowest BCUT2D eigenvalue weighted by molar-refractivity contribution is -0.119. The lowest BCUT2D eigenvalue weighted by Gasteiger charge is -2.39. The zero-order valence-electron chi connectivity index (χ0n) is 11.5. The van der Waals surface area contributed by atoms with Gasteiger partial charge in [0.1, 0.15) is 0 Å². The molecular formula is C11H22O5P2+2. The lowest BCUT2D eigenvalue weighted by atomic mass is 9.74. The Kier molecular flexibility index (Phi) is 5.82. The molecule has 0 aliphatic carbocycles. The van der Waals surface area contributed by atoms with Crippen LogP contribution in [0.5, 0.6) is 0 Å². The molecule has 1 rings (SSSR count). The molecule has 3 atom stereocenters. The number of hydrogen-bond donors (Lipinski definition) is 0. The quantitative estimate of drug-likeness (QED) is 0.677. The first-order valence-corrected chi connectivity index (χ1v) is 8.69. The highest BCUT2D eigenvalue weighted by molar-refractivity contribution is 7.47. The molecule has 0 aromatic rings. The first-order valence-electron chi connectivity index (χ1n) is 6.50. The van der Waals surface area contributed by atoms with Gasteiger partial charge in [-0.25, -0.2) is 0 Å². The predicted molar refractivity (Wildman–Crippen MR) is 69.7 cm³/mol. The van der Waals surface area contributed by atoms with Gasteiger partial charge in [-0.2, -0.15) is 0 Å². The van der Waals surface area contributed by atoms with Crippen molar-refractivity contribution in [1.29, 1.82) is 0 Å². The van der Waals surface area contributed by atoms with E-state index in [1.54, 1.807) is 0 Å². The van der Waals surface area contributed by atoms with Crippen molar-refractivity contribution in [3.8, 4) is 0 Å². The van der Waals surface area contributed by atoms with Gasteiger partial charge in [-0.1, -0.05) is 34.1 Å². The van der Waals surface area contributed by atoms with E-state index >= 15 is 0 Å². The van der Waals surface area contributed by atoms with Crippen LogP contribution in [0.2, 0.25) is 0 Å². The maximum Gasteiger partial charge on any atom is 0.748 e. The minimum Gasteiger partial charge on any atom is -0.106 e. The molecule has 0 amide bonds. The average molecular weight is 296 g/mol. The fourth-order valence-corrected chi connectivity index (χ4v) is 4.89. The van der Waals surface area contributed by atoms with Gasteiger partial charge in [0.25, 0.3) is 0 Å². The molecule has 1 aliphatic heterocycles. The van der Waals surface area contributed by atoms with Gasteiger partial charge < -0.3 is 0 Å². The molecule has 1 saturated heterocycles. The first kappa shape index (κ1) is 16.1. The molecule has 0 aromatic heterocycles. The fourth-order valence-electron chi connectivity index (χ4n) is 2.80. The third kappa shape index (κ3) is 2.81. The molecule has 0 aromatic carbocycles. The zero-order valence-corrected chi connectivity index (χ0v) is 13.3. The Balaban J connectivity index is 3.26. The van der Waals surface area contributed by atoms with E-state index in [-0.39, 0.29) is 0 Å². The molecule has 104 valence electrons. The molecular weight excluding hydrogens is 274 g/mol. The summed E-state index contributed by atoms with van der Waals surface area (Å²) in [5, 5.41) is 0. The lowest BCUT2D eigenvalue weighted by Crippen LogP contribution is -2.54. The molecule has 0 saturated carbocycles. The average Bonchev–Trinajstić information content (AvgIpc) is 2.44. The summed E-state index contributed by atoms with van der Waals surface area (Å²) >= 11 is 0. The highest BCUT2D eigenvalue weighted by atomic mass is 31.2. The van der Waals surface area contributed by atoms with Crippen molar-refractivity contribution in [3.63, 3.8) is 0 Å². The molecule has 0 N–H and O–H groups in total. The van der Waals surface area contributed by atoms with Gasteiger partial charge in [-0.15, -0.1) is 9.05 Å². The van der Waals surface area contributed by atoms with Gasteiger partial charge in [0.2, 0.25) is 0 Å². The second-order valence-corrected chi connectivity index (χ2v) is 6.42. The SMILES string of the molecule is CCCC1(CC)O[P+](=O)O[P+](=O)OC1(CC)CC. The normalized spacial score (nSPS) is 32.2. The highest BCUT2D eigenvalue weighted by Gasteiger charge is 2.66. The summed E-state index contributed by atoms with van der Waals surface area (Å²) in [7, 11) is -4.78. The standard InChI is InChI=1S/C11H22O5P2/c1-5-9-11(8-4)10(6-2,7-3)14-17(12)16-18(13)15-11/h5-9H2,1-4H3/q+2. The van der Waals surface area contributed by atoms with Crippen LogP contribution < -0.4 is 0 Å². The van der Waals surface area contributed by atoms with Gasteiger partial charge in [0.05, 0.1) is 0 Å². The van der Waals surface area contributed by atoms with E-state index in [1.807, 2.05) is 27.7 Å². The molecule has 18 heavy (non-hydrogen) atoms. The minimum atomic E-state index is -2.39. The highest BCUT2D eigenvalue weighted by Crippen LogP contribution is 2.57. The molecule has 1 aliphatic rings. The van der Waals surface area contributed by atoms with Crippen molar-refractivity contribution in [2.75, 3.05) is 0 Å². The van der Waals surface area contributed by atoms with E-state index < -0.39 is 27.7 Å². The van der Waals surface area contributed by atoms with Crippen molar-refractivity contribution in [2.24, 2.45) is 0 Å². The van der Waals surface area contributed by atoms with Crippen LogP contribution >= 0.6 is 16.5 Å². The number of hydrogen-bond acceptors (Lipinski definition) is 5. The van der Waals surface area contributed by atoms with Gasteiger partial charge in [0.15, 0.2) is 15.5 Å². The van der Waals surface area contributed by atoms with Crippen LogP contribution in [0, 0.1) is 0 Å². The molecule has 0 bridgehead atoms. The Hall–Kier alpha value is 0.0800. The van der Waals surface area contributed by atoms with Crippen LogP contribution in [0.3, 0.4) is 0 Å². The smallest absolute Gasteiger partial charge is 0.106 e. The summed E-state index contributed by atoms with van der Waals surface area (Å²) in [6.45, 7) is 7.94. The van der Waals surface area contributed by atoms with Gasteiger partial charge >= 0.3 is 16.5 Å². The van der Waals surface area contributed by atoms with E-state index in [0.29, 0.717) is 25.7 Å². The summed E-state index contributed by atoms with van der Waals surface area (Å²) in [5.74, 6) is 0. The van der Waals surface area contributed by atoms with Crippen molar-refractivity contribution in [3.05, 3.63) is 0 Å². The maximum absolute atomic E-state index is 11.7. The van der Waals surface area contributed by atoms with Crippen LogP contribution in [0.4, 0.5) is 0 Å². The van der Waals surface area contributed by atoms with Gasteiger partial charge in [0, 0.05) is 9.13 Å². The van der Waals surface area contributed by atoms with E-state index in [0.717, 1.165) is 6.42 Å². The van der Waals surface area contributed by atoms with Gasteiger partial charge in [-0.3, -0.25) is 0 Å².